The number of carboxylic acids is 1. The molecule has 0 atom stereocenters. The van der Waals surface area contributed by atoms with E-state index in [-0.39, 0.29) is 11.3 Å². The summed E-state index contributed by atoms with van der Waals surface area (Å²) in [6.45, 7) is 2.09. The van der Waals surface area contributed by atoms with Gasteiger partial charge in [0.2, 0.25) is 0 Å². The predicted octanol–water partition coefficient (Wildman–Crippen LogP) is 2.09. The SMILES string of the molecule is CCCc1ccc(-c2[nH]c(=O)ncc2C(=O)O)cc1. The number of hydrogen-bond acceptors (Lipinski definition) is 3. The van der Waals surface area contributed by atoms with Gasteiger partial charge in [-0.25, -0.2) is 14.6 Å². The molecule has 5 nitrogen and oxygen atoms in total. The number of carbonyl (C=O) groups is 1. The molecular weight excluding hydrogens is 244 g/mol. The summed E-state index contributed by atoms with van der Waals surface area (Å²) < 4.78 is 0. The summed E-state index contributed by atoms with van der Waals surface area (Å²) in [6, 6.07) is 7.48. The maximum atomic E-state index is 11.2. The highest BCUT2D eigenvalue weighted by atomic mass is 16.4. The summed E-state index contributed by atoms with van der Waals surface area (Å²) in [5, 5.41) is 9.09. The van der Waals surface area contributed by atoms with Crippen molar-refractivity contribution >= 4 is 5.97 Å². The van der Waals surface area contributed by atoms with E-state index in [1.807, 2.05) is 24.3 Å². The first-order valence-corrected chi connectivity index (χ1v) is 6.03. The van der Waals surface area contributed by atoms with Crippen LogP contribution in [0.4, 0.5) is 0 Å². The van der Waals surface area contributed by atoms with E-state index in [0.717, 1.165) is 19.0 Å². The summed E-state index contributed by atoms with van der Waals surface area (Å²) in [7, 11) is 0. The number of aromatic nitrogens is 2. The van der Waals surface area contributed by atoms with Crippen molar-refractivity contribution < 1.29 is 9.90 Å². The molecule has 0 radical (unpaired) electrons. The normalized spacial score (nSPS) is 10.4. The van der Waals surface area contributed by atoms with Gasteiger partial charge in [-0.2, -0.15) is 0 Å². The van der Waals surface area contributed by atoms with E-state index < -0.39 is 11.7 Å². The van der Waals surface area contributed by atoms with Crippen molar-refractivity contribution in [2.24, 2.45) is 0 Å². The Bertz CT molecular complexity index is 644. The predicted molar refractivity (Wildman–Crippen MR) is 71.2 cm³/mol. The molecule has 0 bridgehead atoms. The maximum Gasteiger partial charge on any atom is 0.345 e. The molecule has 0 saturated heterocycles. The van der Waals surface area contributed by atoms with Gasteiger partial charge >= 0.3 is 11.7 Å². The lowest BCUT2D eigenvalue weighted by Crippen LogP contribution is -2.15. The number of aryl methyl sites for hydroxylation is 1. The van der Waals surface area contributed by atoms with Crippen LogP contribution in [-0.4, -0.2) is 21.0 Å². The molecule has 0 spiro atoms. The van der Waals surface area contributed by atoms with Crippen LogP contribution in [0.3, 0.4) is 0 Å². The standard InChI is InChI=1S/C14H14N2O3/c1-2-3-9-4-6-10(7-5-9)12-11(13(17)18)8-15-14(19)16-12/h4-8H,2-3H2,1H3,(H,17,18)(H,15,16,19). The zero-order valence-electron chi connectivity index (χ0n) is 10.5. The molecule has 2 N–H and O–H groups in total. The van der Waals surface area contributed by atoms with Crippen LogP contribution in [0.5, 0.6) is 0 Å². The van der Waals surface area contributed by atoms with Gasteiger partial charge in [0.1, 0.15) is 5.56 Å². The molecule has 0 unspecified atom stereocenters. The third kappa shape index (κ3) is 2.88. The molecule has 0 aliphatic heterocycles. The molecule has 0 aliphatic rings. The Morgan fingerprint density at radius 1 is 1.32 bits per heavy atom. The Balaban J connectivity index is 2.48. The van der Waals surface area contributed by atoms with Crippen molar-refractivity contribution in [1.82, 2.24) is 9.97 Å². The lowest BCUT2D eigenvalue weighted by molar-refractivity contribution is 0.0697. The monoisotopic (exact) mass is 258 g/mol. The summed E-state index contributed by atoms with van der Waals surface area (Å²) >= 11 is 0. The minimum absolute atomic E-state index is 0.0113. The average molecular weight is 258 g/mol. The highest BCUT2D eigenvalue weighted by Crippen LogP contribution is 2.20. The summed E-state index contributed by atoms with van der Waals surface area (Å²) in [5.74, 6) is -1.11. The second-order valence-electron chi connectivity index (χ2n) is 4.23. The van der Waals surface area contributed by atoms with Gasteiger partial charge in [-0.05, 0) is 17.5 Å². The summed E-state index contributed by atoms with van der Waals surface area (Å²) in [4.78, 5) is 28.3. The Hall–Kier alpha value is -2.43. The van der Waals surface area contributed by atoms with Crippen molar-refractivity contribution in [3.8, 4) is 11.3 Å². The number of rotatable bonds is 4. The zero-order chi connectivity index (χ0) is 13.8. The maximum absolute atomic E-state index is 11.2. The fraction of sp³-hybridized carbons (Fsp3) is 0.214. The van der Waals surface area contributed by atoms with E-state index in [0.29, 0.717) is 5.56 Å². The van der Waals surface area contributed by atoms with Crippen LogP contribution in [0, 0.1) is 0 Å². The first-order valence-electron chi connectivity index (χ1n) is 6.03. The molecule has 0 fully saturated rings. The lowest BCUT2D eigenvalue weighted by Gasteiger charge is -2.06. The smallest absolute Gasteiger partial charge is 0.345 e. The molecule has 0 aliphatic carbocycles. The van der Waals surface area contributed by atoms with Gasteiger partial charge in [-0.15, -0.1) is 0 Å². The van der Waals surface area contributed by atoms with Gasteiger partial charge in [0, 0.05) is 6.20 Å². The van der Waals surface area contributed by atoms with Crippen LogP contribution in [0.2, 0.25) is 0 Å². The fourth-order valence-electron chi connectivity index (χ4n) is 1.91. The molecule has 2 aromatic rings. The van der Waals surface area contributed by atoms with E-state index in [9.17, 15) is 9.59 Å². The first kappa shape index (κ1) is 13.0. The first-order chi connectivity index (χ1) is 9.11. The molecular formula is C14H14N2O3. The van der Waals surface area contributed by atoms with Crippen molar-refractivity contribution in [2.75, 3.05) is 0 Å². The largest absolute Gasteiger partial charge is 0.478 e. The Morgan fingerprint density at radius 2 is 2.00 bits per heavy atom. The number of benzene rings is 1. The quantitative estimate of drug-likeness (QED) is 0.879. The number of hydrogen-bond donors (Lipinski definition) is 2. The molecule has 98 valence electrons. The Labute approximate surface area is 110 Å². The number of nitrogens with one attached hydrogen (secondary N) is 1. The van der Waals surface area contributed by atoms with E-state index >= 15 is 0 Å². The van der Waals surface area contributed by atoms with E-state index in [1.165, 1.54) is 5.56 Å². The van der Waals surface area contributed by atoms with Gasteiger partial charge in [0.25, 0.3) is 0 Å². The van der Waals surface area contributed by atoms with Crippen molar-refractivity contribution in [2.45, 2.75) is 19.8 Å². The number of nitrogens with zero attached hydrogens (tertiary/aromatic N) is 1. The number of H-pyrrole nitrogens is 1. The molecule has 0 saturated carbocycles. The third-order valence-electron chi connectivity index (χ3n) is 2.82. The molecule has 5 heteroatoms. The van der Waals surface area contributed by atoms with Crippen LogP contribution >= 0.6 is 0 Å². The highest BCUT2D eigenvalue weighted by Gasteiger charge is 2.13. The Kier molecular flexibility index (Phi) is 3.75. The number of carboxylic acid groups (broad SMARTS) is 1. The van der Waals surface area contributed by atoms with Crippen molar-refractivity contribution in [3.05, 3.63) is 52.1 Å². The van der Waals surface area contributed by atoms with Crippen LogP contribution in [0.15, 0.2) is 35.3 Å². The van der Waals surface area contributed by atoms with E-state index in [1.54, 1.807) is 0 Å². The Morgan fingerprint density at radius 3 is 2.58 bits per heavy atom. The number of aromatic carboxylic acids is 1. The number of aromatic amines is 1. The van der Waals surface area contributed by atoms with Crippen molar-refractivity contribution in [3.63, 3.8) is 0 Å². The van der Waals surface area contributed by atoms with Crippen LogP contribution in [0.25, 0.3) is 11.3 Å². The average Bonchev–Trinajstić information content (AvgIpc) is 2.39. The topological polar surface area (TPSA) is 83.0 Å². The van der Waals surface area contributed by atoms with E-state index in [4.69, 9.17) is 5.11 Å². The molecule has 2 rings (SSSR count). The summed E-state index contributed by atoms with van der Waals surface area (Å²) in [6.07, 6.45) is 3.10. The third-order valence-corrected chi connectivity index (χ3v) is 2.82. The lowest BCUT2D eigenvalue weighted by atomic mass is 10.0. The molecule has 0 amide bonds. The summed E-state index contributed by atoms with van der Waals surface area (Å²) in [5.41, 5.74) is 1.56. The van der Waals surface area contributed by atoms with Gasteiger partial charge in [-0.1, -0.05) is 37.6 Å². The fourth-order valence-corrected chi connectivity index (χ4v) is 1.91. The zero-order valence-corrected chi connectivity index (χ0v) is 10.5. The molecule has 1 aromatic heterocycles. The van der Waals surface area contributed by atoms with Gasteiger partial charge < -0.3 is 10.1 Å². The van der Waals surface area contributed by atoms with Crippen LogP contribution in [-0.2, 0) is 6.42 Å². The molecule has 19 heavy (non-hydrogen) atoms. The van der Waals surface area contributed by atoms with Crippen LogP contribution < -0.4 is 5.69 Å². The van der Waals surface area contributed by atoms with Gasteiger partial charge in [0.05, 0.1) is 5.69 Å². The molecule has 1 heterocycles. The van der Waals surface area contributed by atoms with Gasteiger partial charge in [-0.3, -0.25) is 0 Å². The molecule has 1 aromatic carbocycles. The minimum Gasteiger partial charge on any atom is -0.478 e. The second kappa shape index (κ2) is 5.48. The highest BCUT2D eigenvalue weighted by molar-refractivity contribution is 5.94. The van der Waals surface area contributed by atoms with Crippen LogP contribution in [0.1, 0.15) is 29.3 Å². The van der Waals surface area contributed by atoms with Gasteiger partial charge in [0.15, 0.2) is 0 Å². The van der Waals surface area contributed by atoms with Crippen molar-refractivity contribution in [1.29, 1.82) is 0 Å². The van der Waals surface area contributed by atoms with E-state index in [2.05, 4.69) is 16.9 Å². The second-order valence-corrected chi connectivity index (χ2v) is 4.23. The minimum atomic E-state index is -1.11.